The van der Waals surface area contributed by atoms with Gasteiger partial charge in [0, 0.05) is 13.1 Å². The maximum absolute atomic E-state index is 5.94. The van der Waals surface area contributed by atoms with Gasteiger partial charge in [-0.3, -0.25) is 4.90 Å². The van der Waals surface area contributed by atoms with Crippen LogP contribution in [0.2, 0.25) is 0 Å². The van der Waals surface area contributed by atoms with Crippen molar-refractivity contribution in [3.63, 3.8) is 0 Å². The van der Waals surface area contributed by atoms with Crippen LogP contribution in [-0.4, -0.2) is 31.6 Å². The Balaban J connectivity index is 1.82. The third kappa shape index (κ3) is 1.87. The van der Waals surface area contributed by atoms with E-state index in [4.69, 9.17) is 14.6 Å². The van der Waals surface area contributed by atoms with Crippen molar-refractivity contribution >= 4 is 23.6 Å². The van der Waals surface area contributed by atoms with Gasteiger partial charge in [0.05, 0.1) is 12.5 Å². The molecule has 0 saturated heterocycles. The van der Waals surface area contributed by atoms with Gasteiger partial charge in [-0.15, -0.1) is 5.10 Å². The summed E-state index contributed by atoms with van der Waals surface area (Å²) in [6.07, 6.45) is 3.12. The van der Waals surface area contributed by atoms with Crippen molar-refractivity contribution in [2.75, 3.05) is 17.7 Å². The Morgan fingerprint density at radius 1 is 1.09 bits per heavy atom. The van der Waals surface area contributed by atoms with Crippen molar-refractivity contribution in [3.8, 4) is 11.6 Å². The van der Waals surface area contributed by atoms with Gasteiger partial charge >= 0.3 is 0 Å². The molecular weight excluding hydrogens is 286 g/mol. The molecule has 4 heterocycles. The second-order valence-electron chi connectivity index (χ2n) is 4.52. The fourth-order valence-electron chi connectivity index (χ4n) is 2.01. The van der Waals surface area contributed by atoms with Crippen molar-refractivity contribution in [1.82, 2.24) is 24.6 Å². The summed E-state index contributed by atoms with van der Waals surface area (Å²) in [5.74, 6) is 2.37. The van der Waals surface area contributed by atoms with E-state index in [1.54, 1.807) is 48.7 Å². The zero-order chi connectivity index (χ0) is 15.1. The molecule has 4 aromatic rings. The molecule has 0 radical (unpaired) electrons. The molecule has 4 aromatic heterocycles. The van der Waals surface area contributed by atoms with Crippen LogP contribution in [0, 0.1) is 0 Å². The Morgan fingerprint density at radius 3 is 2.64 bits per heavy atom. The smallest absolute Gasteiger partial charge is 0.259 e. The van der Waals surface area contributed by atoms with Crippen LogP contribution in [0.4, 0.5) is 17.8 Å². The minimum absolute atomic E-state index is 0.170. The molecule has 0 aromatic carbocycles. The molecule has 0 aliphatic heterocycles. The SMILES string of the molecule is CN(c1nc(N)n2nc(-c3ccco3)nc2n1)c1ccco1. The van der Waals surface area contributed by atoms with Crippen LogP contribution in [0.3, 0.4) is 0 Å². The molecule has 0 amide bonds. The number of hydrogen-bond acceptors (Lipinski definition) is 8. The summed E-state index contributed by atoms with van der Waals surface area (Å²) in [4.78, 5) is 14.5. The van der Waals surface area contributed by atoms with Gasteiger partial charge in [-0.05, 0) is 18.2 Å². The predicted molar refractivity (Wildman–Crippen MR) is 77.5 cm³/mol. The van der Waals surface area contributed by atoms with Crippen LogP contribution in [-0.2, 0) is 0 Å². The highest BCUT2D eigenvalue weighted by atomic mass is 16.3. The third-order valence-electron chi connectivity index (χ3n) is 3.10. The molecule has 110 valence electrons. The Hall–Kier alpha value is -3.36. The molecule has 0 saturated carbocycles. The summed E-state index contributed by atoms with van der Waals surface area (Å²) < 4.78 is 11.9. The van der Waals surface area contributed by atoms with E-state index < -0.39 is 0 Å². The first kappa shape index (κ1) is 12.4. The van der Waals surface area contributed by atoms with E-state index in [-0.39, 0.29) is 5.95 Å². The van der Waals surface area contributed by atoms with Crippen LogP contribution in [0.25, 0.3) is 17.4 Å². The van der Waals surface area contributed by atoms with E-state index in [1.165, 1.54) is 4.52 Å². The van der Waals surface area contributed by atoms with Crippen LogP contribution in [0.1, 0.15) is 0 Å². The molecule has 0 bridgehead atoms. The lowest BCUT2D eigenvalue weighted by Gasteiger charge is -2.13. The van der Waals surface area contributed by atoms with E-state index in [9.17, 15) is 0 Å². The second kappa shape index (κ2) is 4.58. The van der Waals surface area contributed by atoms with Gasteiger partial charge in [0.1, 0.15) is 0 Å². The summed E-state index contributed by atoms with van der Waals surface area (Å²) in [6, 6.07) is 7.09. The third-order valence-corrected chi connectivity index (χ3v) is 3.10. The molecule has 2 N–H and O–H groups in total. The topological polar surface area (TPSA) is 112 Å². The average Bonchev–Trinajstić information content (AvgIpc) is 3.25. The molecule has 0 fully saturated rings. The van der Waals surface area contributed by atoms with Crippen molar-refractivity contribution in [2.45, 2.75) is 0 Å². The van der Waals surface area contributed by atoms with E-state index in [1.807, 2.05) is 0 Å². The quantitative estimate of drug-likeness (QED) is 0.608. The summed E-state index contributed by atoms with van der Waals surface area (Å²) in [6.45, 7) is 0. The summed E-state index contributed by atoms with van der Waals surface area (Å²) >= 11 is 0. The van der Waals surface area contributed by atoms with Crippen molar-refractivity contribution in [1.29, 1.82) is 0 Å². The number of nitrogens with two attached hydrogens (primary N) is 1. The van der Waals surface area contributed by atoms with E-state index in [0.29, 0.717) is 29.2 Å². The lowest BCUT2D eigenvalue weighted by molar-refractivity contribution is 0.567. The zero-order valence-corrected chi connectivity index (χ0v) is 11.5. The highest BCUT2D eigenvalue weighted by Gasteiger charge is 2.17. The lowest BCUT2D eigenvalue weighted by Crippen LogP contribution is -2.15. The largest absolute Gasteiger partial charge is 0.461 e. The molecule has 9 heteroatoms. The van der Waals surface area contributed by atoms with Crippen LogP contribution in [0.15, 0.2) is 45.6 Å². The van der Waals surface area contributed by atoms with E-state index >= 15 is 0 Å². The van der Waals surface area contributed by atoms with Crippen molar-refractivity contribution < 1.29 is 8.83 Å². The maximum Gasteiger partial charge on any atom is 0.259 e. The Kier molecular flexibility index (Phi) is 2.58. The molecule has 0 spiro atoms. The van der Waals surface area contributed by atoms with Crippen LogP contribution >= 0.6 is 0 Å². The highest BCUT2D eigenvalue weighted by molar-refractivity contribution is 5.56. The van der Waals surface area contributed by atoms with Gasteiger partial charge in [0.2, 0.25) is 23.6 Å². The van der Waals surface area contributed by atoms with Gasteiger partial charge in [-0.2, -0.15) is 19.5 Å². The zero-order valence-electron chi connectivity index (χ0n) is 11.5. The number of aromatic nitrogens is 5. The fourth-order valence-corrected chi connectivity index (χ4v) is 2.01. The second-order valence-corrected chi connectivity index (χ2v) is 4.52. The van der Waals surface area contributed by atoms with E-state index in [0.717, 1.165) is 0 Å². The Bertz CT molecular complexity index is 912. The molecule has 0 unspecified atom stereocenters. The normalized spacial score (nSPS) is 11.1. The molecule has 4 rings (SSSR count). The first-order chi connectivity index (χ1) is 10.7. The van der Waals surface area contributed by atoms with Crippen molar-refractivity contribution in [3.05, 3.63) is 36.8 Å². The van der Waals surface area contributed by atoms with Gasteiger partial charge in [-0.1, -0.05) is 0 Å². The van der Waals surface area contributed by atoms with Crippen molar-refractivity contribution in [2.24, 2.45) is 0 Å². The molecule has 0 aliphatic rings. The van der Waals surface area contributed by atoms with Crippen LogP contribution in [0.5, 0.6) is 0 Å². The summed E-state index contributed by atoms with van der Waals surface area (Å²) in [5, 5.41) is 4.24. The number of hydrogen-bond donors (Lipinski definition) is 1. The lowest BCUT2D eigenvalue weighted by atomic mass is 10.4. The summed E-state index contributed by atoms with van der Waals surface area (Å²) in [5.41, 5.74) is 5.94. The fraction of sp³-hybridized carbons (Fsp3) is 0.0769. The Morgan fingerprint density at radius 2 is 1.91 bits per heavy atom. The number of fused-ring (bicyclic) bond motifs is 1. The molecule has 0 atom stereocenters. The monoisotopic (exact) mass is 297 g/mol. The summed E-state index contributed by atoms with van der Waals surface area (Å²) in [7, 11) is 1.77. The minimum Gasteiger partial charge on any atom is -0.461 e. The minimum atomic E-state index is 0.170. The Labute approximate surface area is 124 Å². The molecular formula is C13H11N7O2. The van der Waals surface area contributed by atoms with Gasteiger partial charge in [0.25, 0.3) is 5.78 Å². The van der Waals surface area contributed by atoms with Gasteiger partial charge in [0.15, 0.2) is 5.76 Å². The molecule has 22 heavy (non-hydrogen) atoms. The number of nitrogen functional groups attached to an aromatic ring is 1. The predicted octanol–water partition coefficient (Wildman–Crippen LogP) is 1.72. The van der Waals surface area contributed by atoms with E-state index in [2.05, 4.69) is 20.1 Å². The van der Waals surface area contributed by atoms with Crippen LogP contribution < -0.4 is 10.6 Å². The number of nitrogens with zero attached hydrogens (tertiary/aromatic N) is 6. The maximum atomic E-state index is 5.94. The van der Waals surface area contributed by atoms with Gasteiger partial charge < -0.3 is 14.6 Å². The average molecular weight is 297 g/mol. The first-order valence-electron chi connectivity index (χ1n) is 6.44. The number of anilines is 3. The molecule has 9 nitrogen and oxygen atoms in total. The van der Waals surface area contributed by atoms with Gasteiger partial charge in [-0.25, -0.2) is 0 Å². The number of furan rings is 2. The standard InChI is InChI=1S/C13H11N7O2/c1-19(9-5-3-7-22-9)12-16-11(14)20-13(17-12)15-10(18-20)8-4-2-6-21-8/h2-7H,1H3,(H2,14,15,16,17,18). The number of rotatable bonds is 3. The molecule has 0 aliphatic carbocycles. The highest BCUT2D eigenvalue weighted by Crippen LogP contribution is 2.22. The first-order valence-corrected chi connectivity index (χ1v) is 6.44.